The lowest BCUT2D eigenvalue weighted by Crippen LogP contribution is -2.13. The highest BCUT2D eigenvalue weighted by molar-refractivity contribution is 5.33. The monoisotopic (exact) mass is 281 g/mol. The highest BCUT2D eigenvalue weighted by Gasteiger charge is 2.33. The predicted octanol–water partition coefficient (Wildman–Crippen LogP) is 3.72. The minimum Gasteiger partial charge on any atom is -0.350 e. The summed E-state index contributed by atoms with van der Waals surface area (Å²) in [5.41, 5.74) is 1.40. The lowest BCUT2D eigenvalue weighted by molar-refractivity contribution is -0.141. The molecule has 0 spiro atoms. The average Bonchev–Trinajstić information content (AvgIpc) is 2.36. The molecule has 1 aromatic heterocycles. The summed E-state index contributed by atoms with van der Waals surface area (Å²) in [4.78, 5) is 7.47. The zero-order valence-corrected chi connectivity index (χ0v) is 11.1. The van der Waals surface area contributed by atoms with E-state index in [1.54, 1.807) is 0 Å². The largest absolute Gasteiger partial charge is 0.433 e. The van der Waals surface area contributed by atoms with Gasteiger partial charge in [0.2, 0.25) is 5.95 Å². The highest BCUT2D eigenvalue weighted by atomic mass is 19.4. The Labute approximate surface area is 114 Å². The van der Waals surface area contributed by atoms with Crippen molar-refractivity contribution in [2.75, 3.05) is 5.32 Å². The fourth-order valence-electron chi connectivity index (χ4n) is 1.78. The molecule has 6 heteroatoms. The van der Waals surface area contributed by atoms with E-state index in [4.69, 9.17) is 0 Å². The molecule has 2 aromatic rings. The van der Waals surface area contributed by atoms with Gasteiger partial charge in [0, 0.05) is 12.2 Å². The Hall–Kier alpha value is -2.11. The summed E-state index contributed by atoms with van der Waals surface area (Å²) in [5.74, 6) is -0.0134. The molecule has 0 saturated heterocycles. The number of alkyl halides is 3. The van der Waals surface area contributed by atoms with Crippen LogP contribution < -0.4 is 5.32 Å². The van der Waals surface area contributed by atoms with E-state index in [-0.39, 0.29) is 11.6 Å². The van der Waals surface area contributed by atoms with E-state index < -0.39 is 11.9 Å². The lowest BCUT2D eigenvalue weighted by Gasteiger charge is -2.11. The van der Waals surface area contributed by atoms with Crippen LogP contribution in [0.25, 0.3) is 0 Å². The summed E-state index contributed by atoms with van der Waals surface area (Å²) in [6.45, 7) is 3.83. The molecule has 1 aromatic carbocycles. The molecular weight excluding hydrogens is 267 g/mol. The Morgan fingerprint density at radius 2 is 1.80 bits per heavy atom. The Bertz CT molecular complexity index is 609. The molecule has 0 aliphatic rings. The molecular formula is C14H14F3N3. The van der Waals surface area contributed by atoms with Gasteiger partial charge in [-0.1, -0.05) is 24.3 Å². The van der Waals surface area contributed by atoms with Gasteiger partial charge in [0.05, 0.1) is 0 Å². The minimum absolute atomic E-state index is 0.0134. The van der Waals surface area contributed by atoms with Gasteiger partial charge in [0.1, 0.15) is 5.69 Å². The Balaban J connectivity index is 2.18. The van der Waals surface area contributed by atoms with Gasteiger partial charge in [-0.05, 0) is 31.0 Å². The van der Waals surface area contributed by atoms with Crippen molar-refractivity contribution >= 4 is 5.95 Å². The maximum atomic E-state index is 12.7. The van der Waals surface area contributed by atoms with Gasteiger partial charge < -0.3 is 5.32 Å². The van der Waals surface area contributed by atoms with Crippen LogP contribution in [0, 0.1) is 13.8 Å². The van der Waals surface area contributed by atoms with Crippen LogP contribution in [0.4, 0.5) is 19.1 Å². The second-order valence-corrected chi connectivity index (χ2v) is 4.50. The van der Waals surface area contributed by atoms with Crippen molar-refractivity contribution < 1.29 is 13.2 Å². The van der Waals surface area contributed by atoms with Crippen LogP contribution in [-0.2, 0) is 12.7 Å². The van der Waals surface area contributed by atoms with Gasteiger partial charge in [-0.2, -0.15) is 13.2 Å². The molecule has 0 unspecified atom stereocenters. The number of halogens is 3. The van der Waals surface area contributed by atoms with Crippen molar-refractivity contribution in [1.82, 2.24) is 9.97 Å². The van der Waals surface area contributed by atoms with Crippen LogP contribution in [0.3, 0.4) is 0 Å². The summed E-state index contributed by atoms with van der Waals surface area (Å²) in [5, 5.41) is 2.83. The molecule has 0 saturated carbocycles. The standard InChI is InChI=1S/C14H14F3N3/c1-9-5-3-4-6-11(9)8-18-13-19-10(2)7-12(20-13)14(15,16)17/h3-7H,8H2,1-2H3,(H,18,19,20). The molecule has 0 fully saturated rings. The fraction of sp³-hybridized carbons (Fsp3) is 0.286. The number of nitrogens with one attached hydrogen (secondary N) is 1. The molecule has 0 aliphatic heterocycles. The van der Waals surface area contributed by atoms with Crippen molar-refractivity contribution in [3.63, 3.8) is 0 Å². The van der Waals surface area contributed by atoms with Crippen molar-refractivity contribution in [3.05, 3.63) is 52.8 Å². The van der Waals surface area contributed by atoms with Crippen LogP contribution in [0.15, 0.2) is 30.3 Å². The highest BCUT2D eigenvalue weighted by Crippen LogP contribution is 2.28. The van der Waals surface area contributed by atoms with Crippen LogP contribution in [-0.4, -0.2) is 9.97 Å². The van der Waals surface area contributed by atoms with E-state index in [0.29, 0.717) is 6.54 Å². The number of hydrogen-bond acceptors (Lipinski definition) is 3. The molecule has 0 bridgehead atoms. The van der Waals surface area contributed by atoms with Crippen molar-refractivity contribution in [1.29, 1.82) is 0 Å². The Morgan fingerprint density at radius 3 is 2.45 bits per heavy atom. The molecule has 0 aliphatic carbocycles. The number of rotatable bonds is 3. The first-order valence-corrected chi connectivity index (χ1v) is 6.07. The maximum Gasteiger partial charge on any atom is 0.433 e. The summed E-state index contributed by atoms with van der Waals surface area (Å²) in [7, 11) is 0. The number of anilines is 1. The average molecular weight is 281 g/mol. The van der Waals surface area contributed by atoms with Gasteiger partial charge in [0.15, 0.2) is 0 Å². The van der Waals surface area contributed by atoms with E-state index >= 15 is 0 Å². The lowest BCUT2D eigenvalue weighted by atomic mass is 10.1. The van der Waals surface area contributed by atoms with E-state index in [1.165, 1.54) is 6.92 Å². The van der Waals surface area contributed by atoms with E-state index in [0.717, 1.165) is 17.2 Å². The summed E-state index contributed by atoms with van der Waals surface area (Å²) in [6, 6.07) is 8.56. The number of benzene rings is 1. The zero-order valence-electron chi connectivity index (χ0n) is 11.1. The smallest absolute Gasteiger partial charge is 0.350 e. The normalized spacial score (nSPS) is 11.4. The summed E-state index contributed by atoms with van der Waals surface area (Å²) < 4.78 is 38.0. The molecule has 3 nitrogen and oxygen atoms in total. The van der Waals surface area contributed by atoms with Crippen LogP contribution in [0.5, 0.6) is 0 Å². The third-order valence-corrected chi connectivity index (χ3v) is 2.84. The topological polar surface area (TPSA) is 37.8 Å². The van der Waals surface area contributed by atoms with Gasteiger partial charge in [-0.25, -0.2) is 9.97 Å². The summed E-state index contributed by atoms with van der Waals surface area (Å²) >= 11 is 0. The first-order chi connectivity index (χ1) is 9.36. The van der Waals surface area contributed by atoms with Gasteiger partial charge in [-0.3, -0.25) is 0 Å². The van der Waals surface area contributed by atoms with Crippen LogP contribution in [0.1, 0.15) is 22.5 Å². The summed E-state index contributed by atoms with van der Waals surface area (Å²) in [6.07, 6.45) is -4.47. The molecule has 20 heavy (non-hydrogen) atoms. The van der Waals surface area contributed by atoms with Gasteiger partial charge in [-0.15, -0.1) is 0 Å². The van der Waals surface area contributed by atoms with E-state index in [2.05, 4.69) is 15.3 Å². The number of aryl methyl sites for hydroxylation is 2. The number of hydrogen-bond donors (Lipinski definition) is 1. The van der Waals surface area contributed by atoms with Gasteiger partial charge in [0.25, 0.3) is 0 Å². The minimum atomic E-state index is -4.47. The second-order valence-electron chi connectivity index (χ2n) is 4.50. The quantitative estimate of drug-likeness (QED) is 0.931. The Morgan fingerprint density at radius 1 is 1.10 bits per heavy atom. The maximum absolute atomic E-state index is 12.7. The first-order valence-electron chi connectivity index (χ1n) is 6.07. The number of aromatic nitrogens is 2. The fourth-order valence-corrected chi connectivity index (χ4v) is 1.78. The molecule has 2 rings (SSSR count). The van der Waals surface area contributed by atoms with Crippen molar-refractivity contribution in [2.24, 2.45) is 0 Å². The van der Waals surface area contributed by atoms with Crippen LogP contribution >= 0.6 is 0 Å². The Kier molecular flexibility index (Phi) is 3.92. The first kappa shape index (κ1) is 14.3. The van der Waals surface area contributed by atoms with E-state index in [9.17, 15) is 13.2 Å². The molecule has 1 N–H and O–H groups in total. The van der Waals surface area contributed by atoms with Gasteiger partial charge >= 0.3 is 6.18 Å². The SMILES string of the molecule is Cc1cc(C(F)(F)F)nc(NCc2ccccc2C)n1. The third kappa shape index (κ3) is 3.46. The van der Waals surface area contributed by atoms with Crippen molar-refractivity contribution in [2.45, 2.75) is 26.6 Å². The van der Waals surface area contributed by atoms with Crippen LogP contribution in [0.2, 0.25) is 0 Å². The zero-order chi connectivity index (χ0) is 14.8. The molecule has 0 amide bonds. The molecule has 0 radical (unpaired) electrons. The molecule has 1 heterocycles. The van der Waals surface area contributed by atoms with Crippen molar-refractivity contribution in [3.8, 4) is 0 Å². The molecule has 106 valence electrons. The predicted molar refractivity (Wildman–Crippen MR) is 70.3 cm³/mol. The second kappa shape index (κ2) is 5.48. The third-order valence-electron chi connectivity index (χ3n) is 2.84. The van der Waals surface area contributed by atoms with E-state index in [1.807, 2.05) is 31.2 Å². The molecule has 0 atom stereocenters. The number of nitrogens with zero attached hydrogens (tertiary/aromatic N) is 2.